The van der Waals surface area contributed by atoms with Gasteiger partial charge in [-0.25, -0.2) is 4.39 Å². The van der Waals surface area contributed by atoms with E-state index in [2.05, 4.69) is 5.16 Å². The molecule has 0 aliphatic carbocycles. The van der Waals surface area contributed by atoms with Gasteiger partial charge in [-0.3, -0.25) is 4.79 Å². The number of hydrogen-bond donors (Lipinski definition) is 0. The molecule has 0 spiro atoms. The highest BCUT2D eigenvalue weighted by Gasteiger charge is 2.27. The van der Waals surface area contributed by atoms with E-state index in [4.69, 9.17) is 28.0 Å². The Labute approximate surface area is 167 Å². The van der Waals surface area contributed by atoms with Gasteiger partial charge < -0.3 is 9.74 Å². The van der Waals surface area contributed by atoms with Gasteiger partial charge in [0, 0.05) is 24.1 Å². The van der Waals surface area contributed by atoms with Crippen molar-refractivity contribution < 1.29 is 14.0 Å². The van der Waals surface area contributed by atoms with Crippen molar-refractivity contribution in [2.75, 3.05) is 13.1 Å². The molecule has 1 amide bonds. The largest absolute Gasteiger partial charge is 0.390 e. The summed E-state index contributed by atoms with van der Waals surface area (Å²) in [6, 6.07) is 11.0. The number of nitrogens with zero attached hydrogens (tertiary/aromatic N) is 2. The number of amides is 1. The molecule has 2 aromatic rings. The Morgan fingerprint density at radius 2 is 2.07 bits per heavy atom. The highest BCUT2D eigenvalue weighted by molar-refractivity contribution is 6.42. The number of oxime groups is 1. The maximum atomic E-state index is 13.4. The third-order valence-corrected chi connectivity index (χ3v) is 5.00. The second-order valence-electron chi connectivity index (χ2n) is 6.36. The minimum atomic E-state index is -0.431. The fourth-order valence-electron chi connectivity index (χ4n) is 2.97. The zero-order chi connectivity index (χ0) is 19.4. The first-order chi connectivity index (χ1) is 13.0. The molecule has 3 rings (SSSR count). The normalized spacial score (nSPS) is 16.0. The number of halogens is 3. The van der Waals surface area contributed by atoms with Gasteiger partial charge in [-0.05, 0) is 36.8 Å². The van der Waals surface area contributed by atoms with E-state index in [1.165, 1.54) is 18.2 Å². The van der Waals surface area contributed by atoms with Gasteiger partial charge in [0.15, 0.2) is 6.10 Å². The molecule has 7 heteroatoms. The van der Waals surface area contributed by atoms with Gasteiger partial charge in [0.2, 0.25) is 0 Å². The van der Waals surface area contributed by atoms with Gasteiger partial charge in [-0.2, -0.15) is 0 Å². The number of carbonyl (C=O) groups is 1. The molecule has 27 heavy (non-hydrogen) atoms. The molecule has 0 radical (unpaired) electrons. The molecule has 1 aliphatic heterocycles. The van der Waals surface area contributed by atoms with Crippen LogP contribution in [0.2, 0.25) is 10.0 Å². The van der Waals surface area contributed by atoms with E-state index < -0.39 is 5.82 Å². The number of carbonyl (C=O) groups excluding carboxylic acids is 1. The van der Waals surface area contributed by atoms with Crippen LogP contribution in [0.1, 0.15) is 35.7 Å². The minimum absolute atomic E-state index is 0.220. The summed E-state index contributed by atoms with van der Waals surface area (Å²) in [5.74, 6) is -0.650. The second-order valence-corrected chi connectivity index (χ2v) is 7.17. The zero-order valence-corrected chi connectivity index (χ0v) is 16.3. The van der Waals surface area contributed by atoms with Crippen LogP contribution < -0.4 is 0 Å². The lowest BCUT2D eigenvalue weighted by molar-refractivity contribution is 0.0423. The molecule has 0 saturated carbocycles. The van der Waals surface area contributed by atoms with E-state index in [-0.39, 0.29) is 12.0 Å². The Morgan fingerprint density at radius 1 is 1.26 bits per heavy atom. The highest BCUT2D eigenvalue weighted by atomic mass is 35.5. The van der Waals surface area contributed by atoms with E-state index in [1.54, 1.807) is 23.1 Å². The molecule has 1 heterocycles. The summed E-state index contributed by atoms with van der Waals surface area (Å²) >= 11 is 12.0. The quantitative estimate of drug-likeness (QED) is 0.660. The highest BCUT2D eigenvalue weighted by Crippen LogP contribution is 2.26. The lowest BCUT2D eigenvalue weighted by atomic mass is 10.0. The van der Waals surface area contributed by atoms with Crippen LogP contribution in [-0.4, -0.2) is 35.7 Å². The molecule has 4 nitrogen and oxygen atoms in total. The average Bonchev–Trinajstić information content (AvgIpc) is 3.11. The molecule has 0 N–H and O–H groups in total. The Hall–Kier alpha value is -2.11. The molecule has 142 valence electrons. The van der Waals surface area contributed by atoms with Crippen LogP contribution in [-0.2, 0) is 4.84 Å². The van der Waals surface area contributed by atoms with E-state index in [9.17, 15) is 9.18 Å². The summed E-state index contributed by atoms with van der Waals surface area (Å²) in [5.41, 5.74) is 1.92. The van der Waals surface area contributed by atoms with Crippen LogP contribution in [0.3, 0.4) is 0 Å². The molecule has 0 bridgehead atoms. The van der Waals surface area contributed by atoms with E-state index in [0.29, 0.717) is 35.1 Å². The Balaban J connectivity index is 1.67. The molecule has 0 saturated heterocycles. The fraction of sp³-hybridized carbons (Fsp3) is 0.300. The summed E-state index contributed by atoms with van der Waals surface area (Å²) in [7, 11) is 0. The van der Waals surface area contributed by atoms with Crippen LogP contribution in [0.5, 0.6) is 0 Å². The summed E-state index contributed by atoms with van der Waals surface area (Å²) in [5, 5.41) is 5.07. The van der Waals surface area contributed by atoms with Crippen LogP contribution in [0, 0.1) is 5.82 Å². The smallest absolute Gasteiger partial charge is 0.254 e. The maximum absolute atomic E-state index is 13.4. The summed E-state index contributed by atoms with van der Waals surface area (Å²) < 4.78 is 13.4. The lowest BCUT2D eigenvalue weighted by Gasteiger charge is -2.24. The van der Waals surface area contributed by atoms with Crippen molar-refractivity contribution in [1.82, 2.24) is 4.90 Å². The fourth-order valence-corrected chi connectivity index (χ4v) is 3.27. The first-order valence-corrected chi connectivity index (χ1v) is 9.46. The van der Waals surface area contributed by atoms with Gasteiger partial charge >= 0.3 is 0 Å². The van der Waals surface area contributed by atoms with Crippen molar-refractivity contribution in [3.8, 4) is 0 Å². The first kappa shape index (κ1) is 19.6. The molecule has 0 unspecified atom stereocenters. The molecule has 1 aliphatic rings. The maximum Gasteiger partial charge on any atom is 0.254 e. The molecule has 1 atom stereocenters. The molecule has 2 aromatic carbocycles. The van der Waals surface area contributed by atoms with Crippen molar-refractivity contribution in [3.63, 3.8) is 0 Å². The second kappa shape index (κ2) is 8.72. The average molecular weight is 409 g/mol. The van der Waals surface area contributed by atoms with Crippen molar-refractivity contribution in [1.29, 1.82) is 0 Å². The predicted molar refractivity (Wildman–Crippen MR) is 105 cm³/mol. The molecule has 0 fully saturated rings. The molecular weight excluding hydrogens is 390 g/mol. The number of benzene rings is 2. The standard InChI is InChI=1S/C20H19Cl2FN2O2/c1-2-8-25(20(26)14-4-3-5-15(23)9-14)12-16-11-19(24-27-16)13-6-7-17(21)18(22)10-13/h3-7,9-10,16H,2,8,11-12H2,1H3/t16-/m1/s1. The number of rotatable bonds is 6. The lowest BCUT2D eigenvalue weighted by Crippen LogP contribution is -2.38. The first-order valence-electron chi connectivity index (χ1n) is 8.71. The van der Waals surface area contributed by atoms with Crippen LogP contribution >= 0.6 is 23.2 Å². The summed E-state index contributed by atoms with van der Waals surface area (Å²) in [6.07, 6.45) is 1.07. The number of hydrogen-bond acceptors (Lipinski definition) is 3. The minimum Gasteiger partial charge on any atom is -0.390 e. The van der Waals surface area contributed by atoms with Crippen molar-refractivity contribution in [2.24, 2.45) is 5.16 Å². The van der Waals surface area contributed by atoms with E-state index >= 15 is 0 Å². The van der Waals surface area contributed by atoms with E-state index in [0.717, 1.165) is 17.7 Å². The summed E-state index contributed by atoms with van der Waals surface area (Å²) in [4.78, 5) is 19.9. The zero-order valence-electron chi connectivity index (χ0n) is 14.8. The van der Waals surface area contributed by atoms with Crippen LogP contribution in [0.25, 0.3) is 0 Å². The van der Waals surface area contributed by atoms with E-state index in [1.807, 2.05) is 13.0 Å². The van der Waals surface area contributed by atoms with Gasteiger partial charge in [-0.1, -0.05) is 47.4 Å². The van der Waals surface area contributed by atoms with Crippen LogP contribution in [0.15, 0.2) is 47.6 Å². The summed E-state index contributed by atoms with van der Waals surface area (Å²) in [6.45, 7) is 2.91. The Morgan fingerprint density at radius 3 is 2.78 bits per heavy atom. The predicted octanol–water partition coefficient (Wildman–Crippen LogP) is 5.18. The van der Waals surface area contributed by atoms with Gasteiger partial charge in [-0.15, -0.1) is 0 Å². The van der Waals surface area contributed by atoms with Crippen molar-refractivity contribution >= 4 is 34.8 Å². The van der Waals surface area contributed by atoms with Gasteiger partial charge in [0.1, 0.15) is 5.82 Å². The third-order valence-electron chi connectivity index (χ3n) is 4.26. The Bertz CT molecular complexity index is 873. The van der Waals surface area contributed by atoms with Crippen LogP contribution in [0.4, 0.5) is 4.39 Å². The van der Waals surface area contributed by atoms with Crippen molar-refractivity contribution in [3.05, 3.63) is 69.5 Å². The third kappa shape index (κ3) is 4.79. The monoisotopic (exact) mass is 408 g/mol. The topological polar surface area (TPSA) is 41.9 Å². The SMILES string of the molecule is CCCN(C[C@H]1CC(c2ccc(Cl)c(Cl)c2)=NO1)C(=O)c1cccc(F)c1. The van der Waals surface area contributed by atoms with Crippen molar-refractivity contribution in [2.45, 2.75) is 25.9 Å². The van der Waals surface area contributed by atoms with Gasteiger partial charge in [0.05, 0.1) is 22.3 Å². The molecule has 0 aromatic heterocycles. The Kier molecular flexibility index (Phi) is 6.34. The van der Waals surface area contributed by atoms with Gasteiger partial charge in [0.25, 0.3) is 5.91 Å². The molecular formula is C20H19Cl2FN2O2.